The monoisotopic (exact) mass is 282 g/mol. The van der Waals surface area contributed by atoms with E-state index >= 15 is 0 Å². The second-order valence-corrected chi connectivity index (χ2v) is 6.77. The Morgan fingerprint density at radius 3 is 2.44 bits per heavy atom. The number of hydrogen-bond donors (Lipinski definition) is 0. The van der Waals surface area contributed by atoms with Crippen LogP contribution in [0.5, 0.6) is 5.75 Å². The molecular formula is C13H14O3S2. The van der Waals surface area contributed by atoms with E-state index in [4.69, 9.17) is 4.74 Å². The van der Waals surface area contributed by atoms with Gasteiger partial charge in [0.25, 0.3) is 0 Å². The molecule has 0 aliphatic rings. The molecular weight excluding hydrogens is 268 g/mol. The lowest BCUT2D eigenvalue weighted by Gasteiger charge is -2.06. The summed E-state index contributed by atoms with van der Waals surface area (Å²) >= 11 is 1.67. The number of hydrogen-bond acceptors (Lipinski definition) is 4. The first-order valence-electron chi connectivity index (χ1n) is 5.50. The molecule has 0 spiro atoms. The summed E-state index contributed by atoms with van der Waals surface area (Å²) in [7, 11) is -3.13. The highest BCUT2D eigenvalue weighted by Gasteiger charge is 2.06. The van der Waals surface area contributed by atoms with Crippen molar-refractivity contribution in [2.75, 3.05) is 12.9 Å². The van der Waals surface area contributed by atoms with Gasteiger partial charge < -0.3 is 4.74 Å². The molecule has 0 aliphatic carbocycles. The molecule has 0 saturated carbocycles. The molecule has 0 unspecified atom stereocenters. The molecule has 18 heavy (non-hydrogen) atoms. The van der Waals surface area contributed by atoms with Crippen molar-refractivity contribution < 1.29 is 13.2 Å². The molecule has 0 fully saturated rings. The number of benzene rings is 1. The van der Waals surface area contributed by atoms with Crippen molar-refractivity contribution in [3.05, 3.63) is 46.7 Å². The topological polar surface area (TPSA) is 43.4 Å². The molecule has 0 bridgehead atoms. The lowest BCUT2D eigenvalue weighted by Crippen LogP contribution is -2.01. The van der Waals surface area contributed by atoms with Crippen LogP contribution in [0, 0.1) is 0 Å². The smallest absolute Gasteiger partial charge is 0.175 e. The van der Waals surface area contributed by atoms with Crippen LogP contribution in [0.4, 0.5) is 0 Å². The van der Waals surface area contributed by atoms with Crippen LogP contribution >= 0.6 is 11.3 Å². The molecule has 5 heteroatoms. The van der Waals surface area contributed by atoms with Gasteiger partial charge in [-0.1, -0.05) is 0 Å². The molecule has 2 rings (SSSR count). The van der Waals surface area contributed by atoms with E-state index in [2.05, 4.69) is 11.4 Å². The predicted molar refractivity (Wildman–Crippen MR) is 73.1 cm³/mol. The molecule has 1 aromatic carbocycles. The Kier molecular flexibility index (Phi) is 4.04. The fourth-order valence-electron chi connectivity index (χ4n) is 1.50. The van der Waals surface area contributed by atoms with Gasteiger partial charge in [0.15, 0.2) is 9.84 Å². The molecule has 1 heterocycles. The maximum Gasteiger partial charge on any atom is 0.175 e. The average Bonchev–Trinajstić information content (AvgIpc) is 2.82. The number of sulfone groups is 1. The molecule has 3 nitrogen and oxygen atoms in total. The van der Waals surface area contributed by atoms with Crippen molar-refractivity contribution >= 4 is 21.2 Å². The van der Waals surface area contributed by atoms with E-state index in [0.29, 0.717) is 17.3 Å². The molecule has 2 aromatic rings. The fourth-order valence-corrected chi connectivity index (χ4v) is 2.84. The third kappa shape index (κ3) is 3.58. The third-order valence-corrected chi connectivity index (χ3v) is 4.35. The minimum absolute atomic E-state index is 0.313. The van der Waals surface area contributed by atoms with E-state index in [1.165, 1.54) is 11.8 Å². The lowest BCUT2D eigenvalue weighted by molar-refractivity contribution is 0.322. The van der Waals surface area contributed by atoms with Crippen molar-refractivity contribution in [3.63, 3.8) is 0 Å². The largest absolute Gasteiger partial charge is 0.493 e. The van der Waals surface area contributed by atoms with Gasteiger partial charge in [-0.05, 0) is 46.7 Å². The molecule has 0 radical (unpaired) electrons. The van der Waals surface area contributed by atoms with Crippen LogP contribution in [0.25, 0.3) is 0 Å². The molecule has 0 aliphatic heterocycles. The summed E-state index contributed by atoms with van der Waals surface area (Å²) < 4.78 is 28.1. The molecule has 96 valence electrons. The minimum atomic E-state index is -3.13. The summed E-state index contributed by atoms with van der Waals surface area (Å²) in [5.41, 5.74) is 1.26. The standard InChI is InChI=1S/C13H14O3S2/c1-18(14,15)13-4-2-12(3-5-13)16-8-6-11-7-9-17-10-11/h2-5,7,9-10H,6,8H2,1H3. The van der Waals surface area contributed by atoms with Crippen molar-refractivity contribution in [3.8, 4) is 5.75 Å². The minimum Gasteiger partial charge on any atom is -0.493 e. The van der Waals surface area contributed by atoms with Crippen molar-refractivity contribution in [2.45, 2.75) is 11.3 Å². The van der Waals surface area contributed by atoms with Crippen LogP contribution in [0.15, 0.2) is 46.0 Å². The van der Waals surface area contributed by atoms with Crippen LogP contribution in [-0.2, 0) is 16.3 Å². The van der Waals surface area contributed by atoms with Gasteiger partial charge in [-0.2, -0.15) is 11.3 Å². The normalized spacial score (nSPS) is 11.4. The summed E-state index contributed by atoms with van der Waals surface area (Å²) in [6.07, 6.45) is 2.05. The van der Waals surface area contributed by atoms with E-state index in [0.717, 1.165) is 6.42 Å². The molecule has 0 saturated heterocycles. The highest BCUT2D eigenvalue weighted by molar-refractivity contribution is 7.90. The van der Waals surface area contributed by atoms with Gasteiger partial charge in [0.05, 0.1) is 11.5 Å². The van der Waals surface area contributed by atoms with E-state index in [9.17, 15) is 8.42 Å². The Morgan fingerprint density at radius 2 is 1.89 bits per heavy atom. The average molecular weight is 282 g/mol. The zero-order chi connectivity index (χ0) is 13.0. The van der Waals surface area contributed by atoms with E-state index < -0.39 is 9.84 Å². The Labute approximate surface area is 111 Å². The van der Waals surface area contributed by atoms with Crippen LogP contribution in [0.3, 0.4) is 0 Å². The zero-order valence-electron chi connectivity index (χ0n) is 10.00. The van der Waals surface area contributed by atoms with Crippen LogP contribution in [-0.4, -0.2) is 21.3 Å². The number of thiophene rings is 1. The van der Waals surface area contributed by atoms with Gasteiger partial charge in [-0.3, -0.25) is 0 Å². The molecule has 0 amide bonds. The van der Waals surface area contributed by atoms with Crippen molar-refractivity contribution in [1.29, 1.82) is 0 Å². The Hall–Kier alpha value is -1.33. The number of rotatable bonds is 5. The zero-order valence-corrected chi connectivity index (χ0v) is 11.6. The summed E-state index contributed by atoms with van der Waals surface area (Å²) in [5, 5.41) is 4.13. The second kappa shape index (κ2) is 5.54. The highest BCUT2D eigenvalue weighted by Crippen LogP contribution is 2.16. The van der Waals surface area contributed by atoms with Crippen LogP contribution < -0.4 is 4.74 Å². The van der Waals surface area contributed by atoms with Crippen LogP contribution in [0.1, 0.15) is 5.56 Å². The molecule has 0 atom stereocenters. The summed E-state index contributed by atoms with van der Waals surface area (Å²) in [6, 6.07) is 8.57. The van der Waals surface area contributed by atoms with Gasteiger partial charge in [-0.25, -0.2) is 8.42 Å². The summed E-state index contributed by atoms with van der Waals surface area (Å²) in [6.45, 7) is 0.592. The lowest BCUT2D eigenvalue weighted by atomic mass is 10.2. The van der Waals surface area contributed by atoms with Gasteiger partial charge in [0, 0.05) is 12.7 Å². The SMILES string of the molecule is CS(=O)(=O)c1ccc(OCCc2ccsc2)cc1. The Bertz CT molecular complexity index is 584. The molecule has 0 N–H and O–H groups in total. The van der Waals surface area contributed by atoms with Gasteiger partial charge in [-0.15, -0.1) is 0 Å². The second-order valence-electron chi connectivity index (χ2n) is 3.97. The van der Waals surface area contributed by atoms with Gasteiger partial charge in [0.1, 0.15) is 5.75 Å². The first-order valence-corrected chi connectivity index (χ1v) is 8.33. The van der Waals surface area contributed by atoms with E-state index in [1.807, 2.05) is 5.38 Å². The fraction of sp³-hybridized carbons (Fsp3) is 0.231. The summed E-state index contributed by atoms with van der Waals surface area (Å²) in [4.78, 5) is 0.313. The molecule has 1 aromatic heterocycles. The van der Waals surface area contributed by atoms with Crippen LogP contribution in [0.2, 0.25) is 0 Å². The Balaban J connectivity index is 1.91. The quantitative estimate of drug-likeness (QED) is 0.847. The Morgan fingerprint density at radius 1 is 1.17 bits per heavy atom. The predicted octanol–water partition coefficient (Wildman–Crippen LogP) is 2.77. The maximum atomic E-state index is 11.3. The highest BCUT2D eigenvalue weighted by atomic mass is 32.2. The van der Waals surface area contributed by atoms with E-state index in [-0.39, 0.29) is 0 Å². The van der Waals surface area contributed by atoms with E-state index in [1.54, 1.807) is 35.6 Å². The first kappa shape index (κ1) is 13.1. The summed E-state index contributed by atoms with van der Waals surface area (Å²) in [5.74, 6) is 0.692. The van der Waals surface area contributed by atoms with Gasteiger partial charge >= 0.3 is 0 Å². The number of ether oxygens (including phenoxy) is 1. The van der Waals surface area contributed by atoms with Gasteiger partial charge in [0.2, 0.25) is 0 Å². The third-order valence-electron chi connectivity index (χ3n) is 2.49. The van der Waals surface area contributed by atoms with Crippen molar-refractivity contribution in [2.24, 2.45) is 0 Å². The first-order chi connectivity index (χ1) is 8.55. The maximum absolute atomic E-state index is 11.3. The van der Waals surface area contributed by atoms with Crippen molar-refractivity contribution in [1.82, 2.24) is 0 Å².